The van der Waals surface area contributed by atoms with Gasteiger partial charge in [-0.15, -0.1) is 0 Å². The number of carbonyl (C=O) groups is 3. The van der Waals surface area contributed by atoms with Crippen LogP contribution >= 0.6 is 0 Å². The third-order valence-corrected chi connectivity index (χ3v) is 10.4. The largest absolute Gasteiger partial charge is 0.361 e. The standard InChI is InChI=1S/C42H44N8O5/c1-46(19-17-30-28-43-38-15-6-4-11-34(30)38)40(51)36-13-2-3-14-37(36)41(52)48(20-18-31-29-44-39-16-7-5-12-35(31)39)24-21-47-22-25-49(26-23-47)42(53)45-32-9-8-10-33(27-32)50(54)55/h2-16,27-29,43-44H,17-26H2,1H3,(H,45,53). The van der Waals surface area contributed by atoms with Gasteiger partial charge in [0.25, 0.3) is 17.5 Å². The lowest BCUT2D eigenvalue weighted by molar-refractivity contribution is -0.384. The number of para-hydroxylation sites is 2. The summed E-state index contributed by atoms with van der Waals surface area (Å²) in [5.41, 5.74) is 5.35. The smallest absolute Gasteiger partial charge is 0.321 e. The van der Waals surface area contributed by atoms with Gasteiger partial charge in [-0.2, -0.15) is 0 Å². The molecule has 55 heavy (non-hydrogen) atoms. The number of H-pyrrole nitrogens is 2. The normalized spacial score (nSPS) is 13.2. The number of urea groups is 1. The molecule has 3 heterocycles. The van der Waals surface area contributed by atoms with Crippen molar-refractivity contribution >= 4 is 51.0 Å². The SMILES string of the molecule is CN(CCc1c[nH]c2ccccc12)C(=O)c1ccccc1C(=O)N(CCc1c[nH]c2ccccc12)CCN1CCN(C(=O)Nc2cccc([N+](=O)[O-])c2)CC1. The van der Waals surface area contributed by atoms with Crippen LogP contribution in [0.3, 0.4) is 0 Å². The maximum atomic E-state index is 14.5. The van der Waals surface area contributed by atoms with Crippen molar-refractivity contribution in [3.63, 3.8) is 0 Å². The van der Waals surface area contributed by atoms with Crippen LogP contribution < -0.4 is 5.32 Å². The van der Waals surface area contributed by atoms with E-state index in [-0.39, 0.29) is 23.5 Å². The van der Waals surface area contributed by atoms with Crippen LogP contribution in [0.5, 0.6) is 0 Å². The molecule has 0 aliphatic carbocycles. The van der Waals surface area contributed by atoms with Gasteiger partial charge in [-0.3, -0.25) is 24.6 Å². The highest BCUT2D eigenvalue weighted by Crippen LogP contribution is 2.22. The number of anilines is 1. The Hall–Kier alpha value is -6.47. The van der Waals surface area contributed by atoms with Crippen molar-refractivity contribution in [3.05, 3.63) is 142 Å². The Kier molecular flexibility index (Phi) is 11.2. The Labute approximate surface area is 318 Å². The molecule has 0 atom stereocenters. The average Bonchev–Trinajstić information content (AvgIpc) is 3.83. The van der Waals surface area contributed by atoms with Crippen molar-refractivity contribution < 1.29 is 19.3 Å². The van der Waals surface area contributed by atoms with Crippen molar-refractivity contribution in [2.24, 2.45) is 0 Å². The second-order valence-corrected chi connectivity index (χ2v) is 13.8. The number of amides is 4. The number of nitro groups is 1. The molecule has 13 heteroatoms. The summed E-state index contributed by atoms with van der Waals surface area (Å²) < 4.78 is 0. The minimum absolute atomic E-state index is 0.0909. The molecule has 0 radical (unpaired) electrons. The van der Waals surface area contributed by atoms with Crippen LogP contribution in [0.25, 0.3) is 21.8 Å². The lowest BCUT2D eigenvalue weighted by Gasteiger charge is -2.36. The van der Waals surface area contributed by atoms with E-state index in [9.17, 15) is 24.5 Å². The molecule has 6 aromatic rings. The molecule has 0 bridgehead atoms. The number of nitro benzene ring substituents is 1. The van der Waals surface area contributed by atoms with Crippen LogP contribution in [0.1, 0.15) is 31.8 Å². The zero-order valence-corrected chi connectivity index (χ0v) is 30.7. The Balaban J connectivity index is 1.02. The highest BCUT2D eigenvalue weighted by molar-refractivity contribution is 6.07. The summed E-state index contributed by atoms with van der Waals surface area (Å²) in [5, 5.41) is 16.2. The molecule has 4 amide bonds. The fourth-order valence-corrected chi connectivity index (χ4v) is 7.21. The van der Waals surface area contributed by atoms with Gasteiger partial charge in [-0.05, 0) is 54.3 Å². The molecule has 1 aliphatic heterocycles. The minimum atomic E-state index is -0.495. The summed E-state index contributed by atoms with van der Waals surface area (Å²) in [6.45, 7) is 4.08. The Morgan fingerprint density at radius 1 is 0.727 bits per heavy atom. The van der Waals surface area contributed by atoms with Crippen molar-refractivity contribution in [2.75, 3.05) is 64.7 Å². The fraction of sp³-hybridized carbons (Fsp3) is 0.262. The summed E-state index contributed by atoms with van der Waals surface area (Å²) in [7, 11) is 1.77. The molecule has 4 aromatic carbocycles. The van der Waals surface area contributed by atoms with Gasteiger partial charge in [0.15, 0.2) is 0 Å². The zero-order valence-electron chi connectivity index (χ0n) is 30.7. The van der Waals surface area contributed by atoms with E-state index in [1.807, 2.05) is 53.7 Å². The highest BCUT2D eigenvalue weighted by Gasteiger charge is 2.26. The number of nitrogens with one attached hydrogen (secondary N) is 3. The summed E-state index contributed by atoms with van der Waals surface area (Å²) in [5.74, 6) is -0.413. The number of likely N-dealkylation sites (N-methyl/N-ethyl adjacent to an activating group) is 1. The number of fused-ring (bicyclic) bond motifs is 2. The molecule has 0 spiro atoms. The van der Waals surface area contributed by atoms with Gasteiger partial charge in [0.05, 0.1) is 16.1 Å². The van der Waals surface area contributed by atoms with E-state index < -0.39 is 4.92 Å². The van der Waals surface area contributed by atoms with Crippen LogP contribution in [0, 0.1) is 10.1 Å². The van der Waals surface area contributed by atoms with E-state index in [1.54, 1.807) is 47.2 Å². The molecular formula is C42H44N8O5. The topological polar surface area (TPSA) is 151 Å². The zero-order chi connectivity index (χ0) is 38.3. The number of carbonyl (C=O) groups excluding carboxylic acids is 3. The monoisotopic (exact) mass is 740 g/mol. The molecule has 7 rings (SSSR count). The second-order valence-electron chi connectivity index (χ2n) is 13.8. The Morgan fingerprint density at radius 3 is 1.95 bits per heavy atom. The van der Waals surface area contributed by atoms with Crippen molar-refractivity contribution in [3.8, 4) is 0 Å². The van der Waals surface area contributed by atoms with E-state index in [4.69, 9.17) is 0 Å². The molecule has 282 valence electrons. The molecule has 2 aromatic heterocycles. The third-order valence-electron chi connectivity index (χ3n) is 10.4. The summed E-state index contributed by atoms with van der Waals surface area (Å²) in [6, 6.07) is 28.8. The molecular weight excluding hydrogens is 697 g/mol. The van der Waals surface area contributed by atoms with Gasteiger partial charge in [0.2, 0.25) is 0 Å². The first kappa shape index (κ1) is 36.9. The molecule has 0 saturated carbocycles. The van der Waals surface area contributed by atoms with Gasteiger partial charge in [0.1, 0.15) is 0 Å². The maximum absolute atomic E-state index is 14.5. The number of nitrogens with zero attached hydrogens (tertiary/aromatic N) is 5. The lowest BCUT2D eigenvalue weighted by atomic mass is 10.0. The van der Waals surface area contributed by atoms with E-state index in [0.717, 1.165) is 32.9 Å². The Bertz CT molecular complexity index is 2330. The molecule has 0 unspecified atom stereocenters. The van der Waals surface area contributed by atoms with Crippen LogP contribution in [0.15, 0.2) is 109 Å². The third kappa shape index (κ3) is 8.52. The predicted molar refractivity (Wildman–Crippen MR) is 213 cm³/mol. The van der Waals surface area contributed by atoms with Crippen molar-refractivity contribution in [1.82, 2.24) is 29.6 Å². The molecule has 1 saturated heterocycles. The van der Waals surface area contributed by atoms with E-state index in [1.165, 1.54) is 18.2 Å². The van der Waals surface area contributed by atoms with Crippen LogP contribution in [-0.4, -0.2) is 112 Å². The van der Waals surface area contributed by atoms with E-state index >= 15 is 0 Å². The van der Waals surface area contributed by atoms with Crippen molar-refractivity contribution in [2.45, 2.75) is 12.8 Å². The molecule has 13 nitrogen and oxygen atoms in total. The molecule has 3 N–H and O–H groups in total. The van der Waals surface area contributed by atoms with Crippen LogP contribution in [-0.2, 0) is 12.8 Å². The number of aromatic nitrogens is 2. The van der Waals surface area contributed by atoms with E-state index in [2.05, 4.69) is 32.3 Å². The van der Waals surface area contributed by atoms with Crippen LogP contribution in [0.2, 0.25) is 0 Å². The number of piperazine rings is 1. The summed E-state index contributed by atoms with van der Waals surface area (Å²) in [4.78, 5) is 66.1. The number of non-ortho nitro benzene ring substituents is 1. The predicted octanol–water partition coefficient (Wildman–Crippen LogP) is 6.41. The maximum Gasteiger partial charge on any atom is 0.321 e. The molecule has 1 aliphatic rings. The first-order valence-corrected chi connectivity index (χ1v) is 18.5. The first-order chi connectivity index (χ1) is 26.7. The Morgan fingerprint density at radius 2 is 1.31 bits per heavy atom. The summed E-state index contributed by atoms with van der Waals surface area (Å²) >= 11 is 0. The average molecular weight is 741 g/mol. The van der Waals surface area contributed by atoms with Gasteiger partial charge >= 0.3 is 6.03 Å². The van der Waals surface area contributed by atoms with Gasteiger partial charge in [0, 0.05) is 111 Å². The number of benzene rings is 4. The minimum Gasteiger partial charge on any atom is -0.361 e. The lowest BCUT2D eigenvalue weighted by Crippen LogP contribution is -2.51. The van der Waals surface area contributed by atoms with Crippen molar-refractivity contribution in [1.29, 1.82) is 0 Å². The van der Waals surface area contributed by atoms with Gasteiger partial charge < -0.3 is 30.0 Å². The molecule has 1 fully saturated rings. The number of hydrogen-bond acceptors (Lipinski definition) is 6. The van der Waals surface area contributed by atoms with Crippen LogP contribution in [0.4, 0.5) is 16.2 Å². The number of aromatic amines is 2. The summed E-state index contributed by atoms with van der Waals surface area (Å²) in [6.07, 6.45) is 5.28. The number of rotatable bonds is 13. The highest BCUT2D eigenvalue weighted by atomic mass is 16.6. The quantitative estimate of drug-likeness (QED) is 0.0921. The van der Waals surface area contributed by atoms with Gasteiger partial charge in [-0.1, -0.05) is 54.6 Å². The fourth-order valence-electron chi connectivity index (χ4n) is 7.21. The number of hydrogen-bond donors (Lipinski definition) is 3. The second kappa shape index (κ2) is 16.7. The van der Waals surface area contributed by atoms with Gasteiger partial charge in [-0.25, -0.2) is 4.79 Å². The first-order valence-electron chi connectivity index (χ1n) is 18.5. The van der Waals surface area contributed by atoms with E-state index in [0.29, 0.717) is 82.0 Å².